The third-order valence-electron chi connectivity index (χ3n) is 3.64. The Morgan fingerprint density at radius 1 is 1.38 bits per heavy atom. The minimum absolute atomic E-state index is 0.0948. The summed E-state index contributed by atoms with van der Waals surface area (Å²) in [5.74, 6) is 0. The van der Waals surface area contributed by atoms with E-state index in [2.05, 4.69) is 6.07 Å². The molecule has 0 bridgehead atoms. The largest absolute Gasteiger partial charge is 0.444 e. The average Bonchev–Trinajstić information content (AvgIpc) is 3.02. The summed E-state index contributed by atoms with van der Waals surface area (Å²) in [6, 6.07) is 8.30. The number of hydrogen-bond donors (Lipinski definition) is 0. The van der Waals surface area contributed by atoms with Crippen molar-refractivity contribution in [1.29, 1.82) is 0 Å². The van der Waals surface area contributed by atoms with Crippen LogP contribution in [-0.2, 0) is 4.74 Å². The van der Waals surface area contributed by atoms with Gasteiger partial charge in [-0.2, -0.15) is 0 Å². The highest BCUT2D eigenvalue weighted by atomic mass is 32.2. The maximum Gasteiger partial charge on any atom is 0.410 e. The van der Waals surface area contributed by atoms with Gasteiger partial charge in [-0.3, -0.25) is 5.32 Å². The number of nitrogens with zero attached hydrogens (tertiary/aromatic N) is 2. The zero-order valence-electron chi connectivity index (χ0n) is 12.7. The lowest BCUT2D eigenvalue weighted by Gasteiger charge is -2.30. The van der Waals surface area contributed by atoms with Crippen LogP contribution in [0.2, 0.25) is 0 Å². The quantitative estimate of drug-likeness (QED) is 0.793. The van der Waals surface area contributed by atoms with E-state index in [1.54, 1.807) is 11.8 Å². The number of hydrogen-bond acceptors (Lipinski definition) is 3. The molecule has 2 atom stereocenters. The van der Waals surface area contributed by atoms with Crippen molar-refractivity contribution >= 4 is 23.5 Å². The number of amides is 1. The minimum atomic E-state index is -0.451. The van der Waals surface area contributed by atoms with E-state index in [-0.39, 0.29) is 17.5 Å². The fourth-order valence-corrected chi connectivity index (χ4v) is 4.02. The minimum Gasteiger partial charge on any atom is -0.444 e. The second kappa shape index (κ2) is 5.44. The van der Waals surface area contributed by atoms with E-state index < -0.39 is 5.60 Å². The van der Waals surface area contributed by atoms with Gasteiger partial charge in [0.05, 0.1) is 11.7 Å². The number of para-hydroxylation sites is 1. The van der Waals surface area contributed by atoms with E-state index >= 15 is 0 Å². The first-order chi connectivity index (χ1) is 9.94. The van der Waals surface area contributed by atoms with Crippen molar-refractivity contribution in [2.24, 2.45) is 0 Å². The summed E-state index contributed by atoms with van der Waals surface area (Å²) < 4.78 is 5.52. The summed E-state index contributed by atoms with van der Waals surface area (Å²) in [5, 5.41) is 4.87. The number of thioether (sulfide) groups is 1. The predicted octanol–water partition coefficient (Wildman–Crippen LogP) is 3.75. The number of likely N-dealkylation sites (tertiary alicyclic amines) is 1. The Morgan fingerprint density at radius 2 is 2.14 bits per heavy atom. The summed E-state index contributed by atoms with van der Waals surface area (Å²) in [6.45, 7) is 6.48. The normalized spacial score (nSPS) is 24.6. The van der Waals surface area contributed by atoms with E-state index in [4.69, 9.17) is 10.1 Å². The molecule has 1 fully saturated rings. The zero-order chi connectivity index (χ0) is 15.0. The van der Waals surface area contributed by atoms with Crippen molar-refractivity contribution in [3.8, 4) is 0 Å². The number of rotatable bonds is 1. The van der Waals surface area contributed by atoms with Gasteiger partial charge in [-0.1, -0.05) is 23.9 Å². The molecule has 0 N–H and O–H groups in total. The molecule has 1 radical (unpaired) electrons. The molecule has 1 saturated heterocycles. The molecule has 1 aromatic carbocycles. The van der Waals surface area contributed by atoms with Gasteiger partial charge in [0, 0.05) is 11.4 Å². The molecule has 2 heterocycles. The van der Waals surface area contributed by atoms with Gasteiger partial charge in [-0.05, 0) is 45.7 Å². The molecule has 0 aromatic heterocycles. The van der Waals surface area contributed by atoms with Gasteiger partial charge in [0.15, 0.2) is 0 Å². The smallest absolute Gasteiger partial charge is 0.410 e. The number of carbonyl (C=O) groups excluding carboxylic acids is 1. The van der Waals surface area contributed by atoms with Crippen LogP contribution < -0.4 is 5.32 Å². The van der Waals surface area contributed by atoms with E-state index in [9.17, 15) is 4.79 Å². The Labute approximate surface area is 130 Å². The lowest BCUT2D eigenvalue weighted by atomic mass is 10.2. The van der Waals surface area contributed by atoms with Crippen molar-refractivity contribution in [1.82, 2.24) is 10.2 Å². The monoisotopic (exact) mass is 305 g/mol. The molecule has 113 valence electrons. The third-order valence-corrected chi connectivity index (χ3v) is 4.90. The van der Waals surface area contributed by atoms with Crippen LogP contribution in [0.1, 0.15) is 33.6 Å². The molecular weight excluding hydrogens is 284 g/mol. The fraction of sp³-hybridized carbons (Fsp3) is 0.562. The van der Waals surface area contributed by atoms with Crippen molar-refractivity contribution in [2.75, 3.05) is 6.54 Å². The van der Waals surface area contributed by atoms with Crippen molar-refractivity contribution in [3.63, 3.8) is 0 Å². The van der Waals surface area contributed by atoms with E-state index in [0.717, 1.165) is 25.1 Å². The highest BCUT2D eigenvalue weighted by Crippen LogP contribution is 2.42. The first-order valence-electron chi connectivity index (χ1n) is 7.40. The van der Waals surface area contributed by atoms with Gasteiger partial charge in [-0.25, -0.2) is 4.79 Å². The SMILES string of the molecule is CC(C)(C)OC(=O)N1CCCC1C1[N]c2ccccc2S1. The topological polar surface area (TPSA) is 43.6 Å². The first kappa shape index (κ1) is 14.6. The molecular formula is C16H21N2O2S. The second-order valence-electron chi connectivity index (χ2n) is 6.49. The first-order valence-corrected chi connectivity index (χ1v) is 8.28. The highest BCUT2D eigenvalue weighted by Gasteiger charge is 2.40. The standard InChI is InChI=1S/C16H21N2O2S/c1-16(2,3)20-15(19)18-10-6-8-12(18)14-17-11-7-4-5-9-13(11)21-14/h4-5,7,9,12,14H,6,8,10H2,1-3H3. The van der Waals surface area contributed by atoms with Gasteiger partial charge in [-0.15, -0.1) is 0 Å². The Hall–Kier alpha value is -1.36. The Kier molecular flexibility index (Phi) is 3.78. The molecule has 2 unspecified atom stereocenters. The van der Waals surface area contributed by atoms with Crippen molar-refractivity contribution in [2.45, 2.75) is 55.5 Å². The Balaban J connectivity index is 1.70. The van der Waals surface area contributed by atoms with Gasteiger partial charge in [0.1, 0.15) is 11.0 Å². The van der Waals surface area contributed by atoms with Crippen LogP contribution in [0.3, 0.4) is 0 Å². The maximum absolute atomic E-state index is 12.4. The number of ether oxygens (including phenoxy) is 1. The van der Waals surface area contributed by atoms with E-state index in [0.29, 0.717) is 0 Å². The molecule has 2 aliphatic rings. The van der Waals surface area contributed by atoms with Gasteiger partial charge < -0.3 is 9.64 Å². The van der Waals surface area contributed by atoms with Crippen LogP contribution in [0.4, 0.5) is 10.5 Å². The summed E-state index contributed by atoms with van der Waals surface area (Å²) in [7, 11) is 0. The fourth-order valence-electron chi connectivity index (χ4n) is 2.76. The highest BCUT2D eigenvalue weighted by molar-refractivity contribution is 8.00. The summed E-state index contributed by atoms with van der Waals surface area (Å²) >= 11 is 1.76. The number of fused-ring (bicyclic) bond motifs is 1. The molecule has 0 saturated carbocycles. The van der Waals surface area contributed by atoms with Crippen LogP contribution in [0.25, 0.3) is 0 Å². The van der Waals surface area contributed by atoms with E-state index in [1.165, 1.54) is 4.90 Å². The van der Waals surface area contributed by atoms with E-state index in [1.807, 2.05) is 43.9 Å². The van der Waals surface area contributed by atoms with Crippen LogP contribution in [-0.4, -0.2) is 34.6 Å². The zero-order valence-corrected chi connectivity index (χ0v) is 13.5. The molecule has 1 amide bonds. The van der Waals surface area contributed by atoms with Gasteiger partial charge in [0.25, 0.3) is 0 Å². The van der Waals surface area contributed by atoms with Crippen LogP contribution in [0.15, 0.2) is 29.2 Å². The van der Waals surface area contributed by atoms with Gasteiger partial charge >= 0.3 is 6.09 Å². The summed E-state index contributed by atoms with van der Waals surface area (Å²) in [5.41, 5.74) is 0.594. The molecule has 21 heavy (non-hydrogen) atoms. The predicted molar refractivity (Wildman–Crippen MR) is 83.8 cm³/mol. The van der Waals surface area contributed by atoms with Crippen LogP contribution in [0, 0.1) is 0 Å². The number of carbonyl (C=O) groups is 1. The molecule has 0 aliphatic carbocycles. The molecule has 4 nitrogen and oxygen atoms in total. The molecule has 0 spiro atoms. The Bertz CT molecular complexity index is 516. The lowest BCUT2D eigenvalue weighted by molar-refractivity contribution is 0.0221. The molecule has 1 aromatic rings. The Morgan fingerprint density at radius 3 is 2.86 bits per heavy atom. The number of benzene rings is 1. The van der Waals surface area contributed by atoms with Gasteiger partial charge in [0.2, 0.25) is 0 Å². The van der Waals surface area contributed by atoms with Crippen molar-refractivity contribution < 1.29 is 9.53 Å². The summed E-state index contributed by atoms with van der Waals surface area (Å²) in [4.78, 5) is 15.4. The average molecular weight is 305 g/mol. The summed E-state index contributed by atoms with van der Waals surface area (Å²) in [6.07, 6.45) is 1.80. The molecule has 2 aliphatic heterocycles. The van der Waals surface area contributed by atoms with Crippen LogP contribution >= 0.6 is 11.8 Å². The third kappa shape index (κ3) is 3.12. The van der Waals surface area contributed by atoms with Crippen molar-refractivity contribution in [3.05, 3.63) is 24.3 Å². The molecule has 3 rings (SSSR count). The lowest BCUT2D eigenvalue weighted by Crippen LogP contribution is -2.45. The second-order valence-corrected chi connectivity index (χ2v) is 7.65. The van der Waals surface area contributed by atoms with Crippen LogP contribution in [0.5, 0.6) is 0 Å². The molecule has 5 heteroatoms. The maximum atomic E-state index is 12.4.